The zero-order chi connectivity index (χ0) is 12.6. The predicted molar refractivity (Wildman–Crippen MR) is 64.1 cm³/mol. The number of nitrogens with two attached hydrogens (primary N) is 1. The maximum absolute atomic E-state index is 11.5. The molecule has 1 aliphatic rings. The normalized spacial score (nSPS) is 18.5. The van der Waals surface area contributed by atoms with Gasteiger partial charge in [0.15, 0.2) is 0 Å². The zero-order valence-corrected chi connectivity index (χ0v) is 10.5. The van der Waals surface area contributed by atoms with Crippen LogP contribution in [0.4, 0.5) is 5.95 Å². The first-order valence-electron chi connectivity index (χ1n) is 5.20. The molecule has 1 heterocycles. The van der Waals surface area contributed by atoms with E-state index in [1.165, 1.54) is 12.5 Å². The van der Waals surface area contributed by atoms with Gasteiger partial charge >= 0.3 is 0 Å². The van der Waals surface area contributed by atoms with Gasteiger partial charge in [-0.2, -0.15) is 0 Å². The highest BCUT2D eigenvalue weighted by atomic mass is 32.2. The minimum atomic E-state index is -1.37. The number of aromatic nitrogens is 2. The lowest BCUT2D eigenvalue weighted by atomic mass is 10.3. The Morgan fingerprint density at radius 1 is 1.59 bits per heavy atom. The van der Waals surface area contributed by atoms with Crippen molar-refractivity contribution < 1.29 is 9.00 Å². The lowest BCUT2D eigenvalue weighted by molar-refractivity contribution is 0.0996. The lowest BCUT2D eigenvalue weighted by Crippen LogP contribution is -2.21. The molecule has 1 aromatic heterocycles. The number of carbonyl (C=O) groups excluding carboxylic acids is 1. The zero-order valence-electron chi connectivity index (χ0n) is 9.69. The summed E-state index contributed by atoms with van der Waals surface area (Å²) in [6.07, 6.45) is 4.88. The van der Waals surface area contributed by atoms with Gasteiger partial charge < -0.3 is 11.1 Å². The Bertz CT molecular complexity index is 499. The van der Waals surface area contributed by atoms with Crippen molar-refractivity contribution in [2.24, 2.45) is 5.73 Å². The van der Waals surface area contributed by atoms with Crippen molar-refractivity contribution in [2.75, 3.05) is 11.6 Å². The number of nitrogens with one attached hydrogen (secondary N) is 1. The van der Waals surface area contributed by atoms with E-state index in [1.54, 1.807) is 0 Å². The van der Waals surface area contributed by atoms with Gasteiger partial charge in [-0.25, -0.2) is 9.97 Å². The summed E-state index contributed by atoms with van der Waals surface area (Å²) in [5, 5.41) is 3.32. The topological polar surface area (TPSA) is 98.0 Å². The fourth-order valence-electron chi connectivity index (χ4n) is 1.40. The molecule has 0 aromatic carbocycles. The highest BCUT2D eigenvalue weighted by Crippen LogP contribution is 2.37. The maximum Gasteiger partial charge on any atom is 0.253 e. The fraction of sp³-hybridized carbons (Fsp3) is 0.500. The first kappa shape index (κ1) is 12.0. The molecule has 0 bridgehead atoms. The average molecular weight is 254 g/mol. The Balaban J connectivity index is 2.34. The van der Waals surface area contributed by atoms with Crippen molar-refractivity contribution in [1.82, 2.24) is 9.97 Å². The minimum Gasteiger partial charge on any atom is -0.365 e. The number of carbonyl (C=O) groups is 1. The lowest BCUT2D eigenvalue weighted by Gasteiger charge is -2.12. The quantitative estimate of drug-likeness (QED) is 0.752. The Hall–Kier alpha value is -1.50. The molecular formula is C10H14N4O2S. The standard InChI is InChI=1S/C10H14N4O2S/c1-10(3-4-10)14-9-12-5-6(7(11)15)8(13-9)17(2)16/h5H,3-4H2,1-2H3,(H2,11,15)(H,12,13,14)/t17-/m0/s1. The summed E-state index contributed by atoms with van der Waals surface area (Å²) in [6, 6.07) is 0. The second-order valence-corrected chi connectivity index (χ2v) is 5.71. The maximum atomic E-state index is 11.5. The molecule has 7 heteroatoms. The van der Waals surface area contributed by atoms with E-state index in [2.05, 4.69) is 22.2 Å². The van der Waals surface area contributed by atoms with E-state index in [9.17, 15) is 9.00 Å². The molecule has 1 fully saturated rings. The molecule has 3 N–H and O–H groups in total. The van der Waals surface area contributed by atoms with Crippen LogP contribution in [0.25, 0.3) is 0 Å². The van der Waals surface area contributed by atoms with Crippen LogP contribution in [0.1, 0.15) is 30.1 Å². The summed E-state index contributed by atoms with van der Waals surface area (Å²) in [6.45, 7) is 2.06. The van der Waals surface area contributed by atoms with Gasteiger partial charge in [0.05, 0.1) is 16.4 Å². The summed E-state index contributed by atoms with van der Waals surface area (Å²) in [4.78, 5) is 19.2. The number of hydrogen-bond acceptors (Lipinski definition) is 5. The summed E-state index contributed by atoms with van der Waals surface area (Å²) < 4.78 is 11.5. The highest BCUT2D eigenvalue weighted by Gasteiger charge is 2.38. The molecule has 1 amide bonds. The molecule has 17 heavy (non-hydrogen) atoms. The number of amides is 1. The van der Waals surface area contributed by atoms with Crippen LogP contribution in [0, 0.1) is 0 Å². The van der Waals surface area contributed by atoms with Crippen LogP contribution in [0.2, 0.25) is 0 Å². The van der Waals surface area contributed by atoms with E-state index in [0.717, 1.165) is 12.8 Å². The van der Waals surface area contributed by atoms with E-state index in [-0.39, 0.29) is 16.1 Å². The molecule has 1 aromatic rings. The third-order valence-electron chi connectivity index (χ3n) is 2.71. The van der Waals surface area contributed by atoms with Gasteiger partial charge in [0.1, 0.15) is 5.03 Å². The van der Waals surface area contributed by atoms with Gasteiger partial charge in [0.25, 0.3) is 5.91 Å². The van der Waals surface area contributed by atoms with Crippen LogP contribution >= 0.6 is 0 Å². The number of anilines is 1. The predicted octanol–water partition coefficient (Wildman–Crippen LogP) is 0.277. The van der Waals surface area contributed by atoms with Crippen molar-refractivity contribution >= 4 is 22.7 Å². The van der Waals surface area contributed by atoms with Crippen molar-refractivity contribution in [3.63, 3.8) is 0 Å². The van der Waals surface area contributed by atoms with E-state index < -0.39 is 16.7 Å². The molecule has 0 aliphatic heterocycles. The molecule has 92 valence electrons. The van der Waals surface area contributed by atoms with Crippen LogP contribution in [0.15, 0.2) is 11.2 Å². The monoisotopic (exact) mass is 254 g/mol. The molecule has 1 atom stereocenters. The van der Waals surface area contributed by atoms with Gasteiger partial charge in [-0.15, -0.1) is 0 Å². The Kier molecular flexibility index (Phi) is 2.86. The summed E-state index contributed by atoms with van der Waals surface area (Å²) in [5.74, 6) is -0.278. The Morgan fingerprint density at radius 2 is 2.24 bits per heavy atom. The number of hydrogen-bond donors (Lipinski definition) is 2. The Labute approximate surface area is 101 Å². The van der Waals surface area contributed by atoms with Gasteiger partial charge in [0, 0.05) is 18.0 Å². The van der Waals surface area contributed by atoms with Crippen molar-refractivity contribution in [1.29, 1.82) is 0 Å². The largest absolute Gasteiger partial charge is 0.365 e. The molecule has 1 saturated carbocycles. The van der Waals surface area contributed by atoms with Gasteiger partial charge in [-0.1, -0.05) is 0 Å². The Morgan fingerprint density at radius 3 is 2.71 bits per heavy atom. The third-order valence-corrected chi connectivity index (χ3v) is 3.56. The summed E-state index contributed by atoms with van der Waals surface area (Å²) in [5.41, 5.74) is 5.31. The van der Waals surface area contributed by atoms with Gasteiger partial charge in [-0.05, 0) is 19.8 Å². The first-order valence-corrected chi connectivity index (χ1v) is 6.75. The second-order valence-electron chi connectivity index (χ2n) is 4.42. The molecule has 2 rings (SSSR count). The number of rotatable bonds is 4. The molecule has 1 aliphatic carbocycles. The first-order chi connectivity index (χ1) is 7.91. The molecule has 0 unspecified atom stereocenters. The van der Waals surface area contributed by atoms with Gasteiger partial charge in [0.2, 0.25) is 5.95 Å². The highest BCUT2D eigenvalue weighted by molar-refractivity contribution is 7.84. The average Bonchev–Trinajstić information content (AvgIpc) is 2.95. The molecule has 0 spiro atoms. The van der Waals surface area contributed by atoms with Crippen LogP contribution in [0.3, 0.4) is 0 Å². The van der Waals surface area contributed by atoms with E-state index in [4.69, 9.17) is 5.73 Å². The molecule has 6 nitrogen and oxygen atoms in total. The van der Waals surface area contributed by atoms with Crippen molar-refractivity contribution in [3.8, 4) is 0 Å². The van der Waals surface area contributed by atoms with E-state index in [0.29, 0.717) is 5.95 Å². The number of primary amides is 1. The molecule has 0 radical (unpaired) electrons. The van der Waals surface area contributed by atoms with Crippen LogP contribution in [0.5, 0.6) is 0 Å². The van der Waals surface area contributed by atoms with Crippen LogP contribution in [-0.4, -0.2) is 31.9 Å². The number of nitrogens with zero attached hydrogens (tertiary/aromatic N) is 2. The van der Waals surface area contributed by atoms with Crippen LogP contribution < -0.4 is 11.1 Å². The smallest absolute Gasteiger partial charge is 0.253 e. The fourth-order valence-corrected chi connectivity index (χ4v) is 2.07. The van der Waals surface area contributed by atoms with Gasteiger partial charge in [-0.3, -0.25) is 9.00 Å². The minimum absolute atomic E-state index is 0.0285. The third kappa shape index (κ3) is 2.60. The van der Waals surface area contributed by atoms with Crippen LogP contribution in [-0.2, 0) is 10.8 Å². The van der Waals surface area contributed by atoms with Crippen molar-refractivity contribution in [3.05, 3.63) is 11.8 Å². The molecule has 0 saturated heterocycles. The van der Waals surface area contributed by atoms with E-state index >= 15 is 0 Å². The summed E-state index contributed by atoms with van der Waals surface area (Å²) >= 11 is 0. The van der Waals surface area contributed by atoms with E-state index in [1.807, 2.05) is 0 Å². The van der Waals surface area contributed by atoms with Crippen molar-refractivity contribution in [2.45, 2.75) is 30.3 Å². The SMILES string of the molecule is C[S@](=O)c1nc(NC2(C)CC2)ncc1C(N)=O. The second kappa shape index (κ2) is 4.06. The molecular weight excluding hydrogens is 240 g/mol. The summed E-state index contributed by atoms with van der Waals surface area (Å²) in [7, 11) is -1.37.